The maximum Gasteiger partial charge on any atom is 0.0945 e. The van der Waals surface area contributed by atoms with E-state index in [2.05, 4.69) is 50.6 Å². The predicted octanol–water partition coefficient (Wildman–Crippen LogP) is 1.68. The Morgan fingerprint density at radius 2 is 2.32 bits per heavy atom. The van der Waals surface area contributed by atoms with Crippen molar-refractivity contribution in [2.45, 2.75) is 37.6 Å². The number of rotatable bonds is 5. The molecular weight excluding hydrogens is 314 g/mol. The molecule has 2 atom stereocenters. The van der Waals surface area contributed by atoms with Gasteiger partial charge in [0.15, 0.2) is 0 Å². The molecule has 2 aromatic rings. The minimum Gasteiger partial charge on any atom is -0.372 e. The molecule has 0 bridgehead atoms. The predicted molar refractivity (Wildman–Crippen MR) is 95.9 cm³/mol. The molecule has 0 aliphatic carbocycles. The second-order valence-electron chi connectivity index (χ2n) is 7.54. The van der Waals surface area contributed by atoms with Crippen molar-refractivity contribution in [2.75, 3.05) is 26.7 Å². The number of likely N-dealkylation sites (N-methyl/N-ethyl adjacent to an activating group) is 1. The number of aryl methyl sites for hydroxylation is 1. The van der Waals surface area contributed by atoms with Crippen LogP contribution in [0.3, 0.4) is 0 Å². The summed E-state index contributed by atoms with van der Waals surface area (Å²) in [5.41, 5.74) is 2.41. The first-order valence-corrected chi connectivity index (χ1v) is 9.05. The summed E-state index contributed by atoms with van der Waals surface area (Å²) in [5, 5.41) is 0. The van der Waals surface area contributed by atoms with Gasteiger partial charge in [0.05, 0.1) is 29.9 Å². The van der Waals surface area contributed by atoms with E-state index in [4.69, 9.17) is 4.74 Å². The van der Waals surface area contributed by atoms with E-state index in [-0.39, 0.29) is 5.60 Å². The summed E-state index contributed by atoms with van der Waals surface area (Å²) in [6, 6.07) is 6.58. The number of hydrogen-bond donors (Lipinski definition) is 0. The molecule has 0 aromatic carbocycles. The zero-order chi connectivity index (χ0) is 17.3. The van der Waals surface area contributed by atoms with Crippen LogP contribution in [0.15, 0.2) is 36.9 Å². The van der Waals surface area contributed by atoms with Gasteiger partial charge in [-0.2, -0.15) is 0 Å². The maximum atomic E-state index is 6.33. The Labute approximate surface area is 149 Å². The number of likely N-dealkylation sites (tertiary alicyclic amines) is 1. The van der Waals surface area contributed by atoms with Crippen molar-refractivity contribution in [1.82, 2.24) is 24.3 Å². The standard InChI is InChI=1S/C19H27N5O/c1-22(11-16-5-3-4-7-21-16)17-9-19(25-13-17)6-8-24(14-19)12-18-10-20-15-23(18)2/h3-5,7,10,15,17H,6,8-9,11-14H2,1-2H3/t17-,19+/m0/s1. The fraction of sp³-hybridized carbons (Fsp3) is 0.579. The Balaban J connectivity index is 1.33. The molecule has 25 heavy (non-hydrogen) atoms. The summed E-state index contributed by atoms with van der Waals surface area (Å²) in [4.78, 5) is 13.6. The fourth-order valence-electron chi connectivity index (χ4n) is 4.09. The highest BCUT2D eigenvalue weighted by Crippen LogP contribution is 2.37. The molecule has 0 amide bonds. The summed E-state index contributed by atoms with van der Waals surface area (Å²) in [5.74, 6) is 0. The number of hydrogen-bond acceptors (Lipinski definition) is 5. The van der Waals surface area contributed by atoms with E-state index in [1.807, 2.05) is 24.8 Å². The lowest BCUT2D eigenvalue weighted by molar-refractivity contribution is 0.0101. The number of pyridine rings is 1. The summed E-state index contributed by atoms with van der Waals surface area (Å²) >= 11 is 0. The average Bonchev–Trinajstić information content (AvgIpc) is 3.32. The Hall–Kier alpha value is -1.76. The molecule has 4 heterocycles. The van der Waals surface area contributed by atoms with Crippen molar-refractivity contribution in [3.63, 3.8) is 0 Å². The average molecular weight is 341 g/mol. The molecule has 2 aromatic heterocycles. The van der Waals surface area contributed by atoms with Crippen LogP contribution in [0.4, 0.5) is 0 Å². The first-order valence-electron chi connectivity index (χ1n) is 9.05. The van der Waals surface area contributed by atoms with Crippen molar-refractivity contribution in [2.24, 2.45) is 7.05 Å². The van der Waals surface area contributed by atoms with Crippen LogP contribution in [0, 0.1) is 0 Å². The van der Waals surface area contributed by atoms with E-state index in [1.165, 1.54) is 5.69 Å². The van der Waals surface area contributed by atoms with Crippen LogP contribution in [0.2, 0.25) is 0 Å². The Morgan fingerprint density at radius 1 is 1.40 bits per heavy atom. The number of ether oxygens (including phenoxy) is 1. The van der Waals surface area contributed by atoms with Crippen LogP contribution in [-0.2, 0) is 24.9 Å². The van der Waals surface area contributed by atoms with Crippen LogP contribution in [-0.4, -0.2) is 62.7 Å². The molecule has 2 fully saturated rings. The third-order valence-electron chi connectivity index (χ3n) is 5.65. The zero-order valence-electron chi connectivity index (χ0n) is 15.1. The number of imidazole rings is 1. The van der Waals surface area contributed by atoms with E-state index < -0.39 is 0 Å². The minimum absolute atomic E-state index is 0.0294. The van der Waals surface area contributed by atoms with E-state index >= 15 is 0 Å². The molecule has 0 radical (unpaired) electrons. The van der Waals surface area contributed by atoms with E-state index in [0.717, 1.165) is 51.3 Å². The SMILES string of the molecule is CN(Cc1ccccn1)[C@@H]1CO[C@]2(CCN(Cc3cncn3C)C2)C1. The highest BCUT2D eigenvalue weighted by atomic mass is 16.5. The third-order valence-corrected chi connectivity index (χ3v) is 5.65. The van der Waals surface area contributed by atoms with Crippen molar-refractivity contribution in [3.8, 4) is 0 Å². The van der Waals surface area contributed by atoms with Gasteiger partial charge in [0, 0.05) is 51.7 Å². The second-order valence-corrected chi connectivity index (χ2v) is 7.54. The van der Waals surface area contributed by atoms with Crippen LogP contribution in [0.1, 0.15) is 24.2 Å². The lowest BCUT2D eigenvalue weighted by atomic mass is 9.96. The Bertz CT molecular complexity index is 703. The largest absolute Gasteiger partial charge is 0.372 e. The molecule has 0 N–H and O–H groups in total. The summed E-state index contributed by atoms with van der Waals surface area (Å²) in [6.45, 7) is 4.77. The minimum atomic E-state index is 0.0294. The van der Waals surface area contributed by atoms with Crippen molar-refractivity contribution in [3.05, 3.63) is 48.3 Å². The molecule has 0 unspecified atom stereocenters. The molecule has 6 nitrogen and oxygen atoms in total. The van der Waals surface area contributed by atoms with Gasteiger partial charge >= 0.3 is 0 Å². The van der Waals surface area contributed by atoms with Gasteiger partial charge in [0.25, 0.3) is 0 Å². The summed E-state index contributed by atoms with van der Waals surface area (Å²) in [6.07, 6.45) is 7.93. The van der Waals surface area contributed by atoms with Crippen molar-refractivity contribution in [1.29, 1.82) is 0 Å². The van der Waals surface area contributed by atoms with E-state index in [0.29, 0.717) is 6.04 Å². The normalized spacial score (nSPS) is 26.9. The molecule has 6 heteroatoms. The molecular formula is C19H27N5O. The van der Waals surface area contributed by atoms with Gasteiger partial charge in [-0.15, -0.1) is 0 Å². The summed E-state index contributed by atoms with van der Waals surface area (Å²) < 4.78 is 8.43. The maximum absolute atomic E-state index is 6.33. The summed E-state index contributed by atoms with van der Waals surface area (Å²) in [7, 11) is 4.24. The molecule has 4 rings (SSSR count). The number of nitrogens with zero attached hydrogens (tertiary/aromatic N) is 5. The molecule has 134 valence electrons. The fourth-order valence-corrected chi connectivity index (χ4v) is 4.09. The zero-order valence-corrected chi connectivity index (χ0v) is 15.1. The van der Waals surface area contributed by atoms with Crippen LogP contribution in [0.5, 0.6) is 0 Å². The van der Waals surface area contributed by atoms with Gasteiger partial charge in [-0.3, -0.25) is 14.8 Å². The number of aromatic nitrogens is 3. The first-order chi connectivity index (χ1) is 12.1. The second kappa shape index (κ2) is 6.86. The van der Waals surface area contributed by atoms with Gasteiger partial charge in [-0.05, 0) is 32.0 Å². The van der Waals surface area contributed by atoms with Crippen LogP contribution in [0.25, 0.3) is 0 Å². The van der Waals surface area contributed by atoms with Crippen molar-refractivity contribution >= 4 is 0 Å². The Morgan fingerprint density at radius 3 is 3.08 bits per heavy atom. The lowest BCUT2D eigenvalue weighted by Crippen LogP contribution is -2.36. The molecule has 2 saturated heterocycles. The quantitative estimate of drug-likeness (QED) is 0.828. The smallest absolute Gasteiger partial charge is 0.0945 e. The van der Waals surface area contributed by atoms with Crippen LogP contribution >= 0.6 is 0 Å². The highest BCUT2D eigenvalue weighted by molar-refractivity contribution is 5.06. The molecule has 2 aliphatic rings. The van der Waals surface area contributed by atoms with Crippen LogP contribution < -0.4 is 0 Å². The van der Waals surface area contributed by atoms with E-state index in [1.54, 1.807) is 0 Å². The third kappa shape index (κ3) is 3.61. The molecule has 0 saturated carbocycles. The highest BCUT2D eigenvalue weighted by Gasteiger charge is 2.46. The lowest BCUT2D eigenvalue weighted by Gasteiger charge is -2.26. The van der Waals surface area contributed by atoms with Gasteiger partial charge in [0.1, 0.15) is 0 Å². The van der Waals surface area contributed by atoms with E-state index in [9.17, 15) is 0 Å². The first kappa shape index (κ1) is 16.7. The molecule has 1 spiro atoms. The topological polar surface area (TPSA) is 46.4 Å². The van der Waals surface area contributed by atoms with Gasteiger partial charge < -0.3 is 9.30 Å². The van der Waals surface area contributed by atoms with Gasteiger partial charge in [-0.25, -0.2) is 4.98 Å². The Kier molecular flexibility index (Phi) is 4.58. The van der Waals surface area contributed by atoms with Gasteiger partial charge in [-0.1, -0.05) is 6.07 Å². The molecule has 2 aliphatic heterocycles. The van der Waals surface area contributed by atoms with Crippen molar-refractivity contribution < 1.29 is 4.74 Å². The monoisotopic (exact) mass is 341 g/mol. The van der Waals surface area contributed by atoms with Gasteiger partial charge in [0.2, 0.25) is 0 Å².